The molecule has 1 N–H and O–H groups in total. The third-order valence-corrected chi connectivity index (χ3v) is 4.25. The molecule has 0 aliphatic carbocycles. The summed E-state index contributed by atoms with van der Waals surface area (Å²) in [6, 6.07) is 19.6. The monoisotopic (exact) mass is 289 g/mol. The van der Waals surface area contributed by atoms with Crippen molar-refractivity contribution in [3.05, 3.63) is 83.4 Å². The van der Waals surface area contributed by atoms with E-state index in [2.05, 4.69) is 92.8 Å². The van der Waals surface area contributed by atoms with E-state index in [4.69, 9.17) is 0 Å². The van der Waals surface area contributed by atoms with Gasteiger partial charge in [-0.3, -0.25) is 0 Å². The van der Waals surface area contributed by atoms with Crippen LogP contribution in [-0.4, -0.2) is 6.04 Å². The first-order chi connectivity index (χ1) is 10.7. The SMILES string of the molecule is CC1NC(c2ccccc2C(C)C)=CC=C1c1ccccc1. The standard InChI is InChI=1S/C21H23N/c1-15(2)18-11-7-8-12-20(18)21-14-13-19(16(3)22-21)17-9-5-4-6-10-17/h4-16,22H,1-3H3. The van der Waals surface area contributed by atoms with Crippen LogP contribution in [-0.2, 0) is 0 Å². The Labute approximate surface area is 133 Å². The van der Waals surface area contributed by atoms with E-state index in [9.17, 15) is 0 Å². The zero-order valence-electron chi connectivity index (χ0n) is 13.5. The van der Waals surface area contributed by atoms with Crippen LogP contribution < -0.4 is 5.32 Å². The summed E-state index contributed by atoms with van der Waals surface area (Å²) in [7, 11) is 0. The average Bonchev–Trinajstić information content (AvgIpc) is 2.55. The lowest BCUT2D eigenvalue weighted by Gasteiger charge is -2.26. The molecule has 2 aromatic carbocycles. The van der Waals surface area contributed by atoms with Crippen molar-refractivity contribution in [3.63, 3.8) is 0 Å². The summed E-state index contributed by atoms with van der Waals surface area (Å²) in [6.07, 6.45) is 4.46. The highest BCUT2D eigenvalue weighted by molar-refractivity contribution is 5.80. The molecule has 0 radical (unpaired) electrons. The summed E-state index contributed by atoms with van der Waals surface area (Å²) in [5, 5.41) is 3.67. The second-order valence-corrected chi connectivity index (χ2v) is 6.18. The summed E-state index contributed by atoms with van der Waals surface area (Å²) >= 11 is 0. The van der Waals surface area contributed by atoms with Crippen LogP contribution in [0.2, 0.25) is 0 Å². The van der Waals surface area contributed by atoms with Crippen molar-refractivity contribution in [2.75, 3.05) is 0 Å². The Bertz CT molecular complexity index is 708. The van der Waals surface area contributed by atoms with Crippen molar-refractivity contribution in [1.29, 1.82) is 0 Å². The molecule has 0 saturated carbocycles. The number of allylic oxidation sites excluding steroid dienone is 2. The maximum Gasteiger partial charge on any atom is 0.0491 e. The molecule has 1 heterocycles. The predicted octanol–water partition coefficient (Wildman–Crippen LogP) is 5.23. The van der Waals surface area contributed by atoms with Gasteiger partial charge in [-0.2, -0.15) is 0 Å². The average molecular weight is 289 g/mol. The highest BCUT2D eigenvalue weighted by Gasteiger charge is 2.18. The van der Waals surface area contributed by atoms with Gasteiger partial charge in [-0.1, -0.05) is 74.5 Å². The summed E-state index contributed by atoms with van der Waals surface area (Å²) in [6.45, 7) is 6.72. The van der Waals surface area contributed by atoms with Gasteiger partial charge < -0.3 is 5.32 Å². The first-order valence-electron chi connectivity index (χ1n) is 8.00. The van der Waals surface area contributed by atoms with Crippen LogP contribution in [0.15, 0.2) is 66.7 Å². The summed E-state index contributed by atoms with van der Waals surface area (Å²) < 4.78 is 0. The van der Waals surface area contributed by atoms with Gasteiger partial charge in [-0.25, -0.2) is 0 Å². The molecule has 1 aliphatic rings. The topological polar surface area (TPSA) is 12.0 Å². The second kappa shape index (κ2) is 6.23. The van der Waals surface area contributed by atoms with Crippen molar-refractivity contribution in [2.45, 2.75) is 32.7 Å². The lowest BCUT2D eigenvalue weighted by molar-refractivity contribution is 0.788. The van der Waals surface area contributed by atoms with Gasteiger partial charge in [-0.15, -0.1) is 0 Å². The zero-order chi connectivity index (χ0) is 15.5. The number of rotatable bonds is 3. The van der Waals surface area contributed by atoms with Gasteiger partial charge in [0, 0.05) is 17.3 Å². The molecule has 0 saturated heterocycles. The summed E-state index contributed by atoms with van der Waals surface area (Å²) in [5.74, 6) is 0.522. The van der Waals surface area contributed by atoms with Crippen LogP contribution in [0.1, 0.15) is 43.4 Å². The molecule has 0 bridgehead atoms. The van der Waals surface area contributed by atoms with Gasteiger partial charge in [0.25, 0.3) is 0 Å². The Balaban J connectivity index is 1.99. The summed E-state index contributed by atoms with van der Waals surface area (Å²) in [4.78, 5) is 0. The maximum absolute atomic E-state index is 3.67. The van der Waals surface area contributed by atoms with E-state index in [0.717, 1.165) is 0 Å². The quantitative estimate of drug-likeness (QED) is 0.816. The fourth-order valence-corrected chi connectivity index (χ4v) is 3.07. The van der Waals surface area contributed by atoms with Gasteiger partial charge in [-0.05, 0) is 35.6 Å². The molecular weight excluding hydrogens is 266 g/mol. The van der Waals surface area contributed by atoms with Crippen LogP contribution in [0.25, 0.3) is 11.3 Å². The van der Waals surface area contributed by atoms with Crippen LogP contribution >= 0.6 is 0 Å². The minimum atomic E-state index is 0.308. The van der Waals surface area contributed by atoms with E-state index in [0.29, 0.717) is 12.0 Å². The lowest BCUT2D eigenvalue weighted by Crippen LogP contribution is -2.28. The fourth-order valence-electron chi connectivity index (χ4n) is 3.07. The lowest BCUT2D eigenvalue weighted by atomic mass is 9.91. The Morgan fingerprint density at radius 2 is 1.55 bits per heavy atom. The van der Waals surface area contributed by atoms with E-state index < -0.39 is 0 Å². The highest BCUT2D eigenvalue weighted by Crippen LogP contribution is 2.29. The second-order valence-electron chi connectivity index (χ2n) is 6.18. The zero-order valence-corrected chi connectivity index (χ0v) is 13.5. The molecule has 1 unspecified atom stereocenters. The number of hydrogen-bond donors (Lipinski definition) is 1. The molecule has 3 rings (SSSR count). The van der Waals surface area contributed by atoms with Gasteiger partial charge in [0.1, 0.15) is 0 Å². The molecule has 0 spiro atoms. The molecule has 1 heteroatoms. The van der Waals surface area contributed by atoms with Gasteiger partial charge in [0.2, 0.25) is 0 Å². The van der Waals surface area contributed by atoms with E-state index in [1.54, 1.807) is 0 Å². The minimum absolute atomic E-state index is 0.308. The molecule has 1 atom stereocenters. The van der Waals surface area contributed by atoms with Crippen molar-refractivity contribution >= 4 is 11.3 Å². The van der Waals surface area contributed by atoms with Crippen LogP contribution in [0.3, 0.4) is 0 Å². The Morgan fingerprint density at radius 1 is 0.864 bits per heavy atom. The molecule has 0 amide bonds. The molecule has 112 valence electrons. The molecule has 2 aromatic rings. The molecule has 1 aliphatic heterocycles. The third-order valence-electron chi connectivity index (χ3n) is 4.25. The number of nitrogens with one attached hydrogen (secondary N) is 1. The number of hydrogen-bond acceptors (Lipinski definition) is 1. The largest absolute Gasteiger partial charge is 0.378 e. The van der Waals surface area contributed by atoms with Crippen LogP contribution in [0.4, 0.5) is 0 Å². The Morgan fingerprint density at radius 3 is 2.23 bits per heavy atom. The Kier molecular flexibility index (Phi) is 4.15. The maximum atomic E-state index is 3.67. The van der Waals surface area contributed by atoms with Crippen LogP contribution in [0, 0.1) is 0 Å². The first-order valence-corrected chi connectivity index (χ1v) is 8.00. The highest BCUT2D eigenvalue weighted by atomic mass is 14.9. The number of dihydropyridines is 1. The normalized spacial score (nSPS) is 17.7. The molecule has 1 nitrogen and oxygen atoms in total. The number of benzene rings is 2. The summed E-state index contributed by atoms with van der Waals surface area (Å²) in [5.41, 5.74) is 6.55. The van der Waals surface area contributed by atoms with Gasteiger partial charge in [0.15, 0.2) is 0 Å². The van der Waals surface area contributed by atoms with E-state index in [1.807, 2.05) is 0 Å². The van der Waals surface area contributed by atoms with E-state index in [1.165, 1.54) is 28.0 Å². The van der Waals surface area contributed by atoms with Crippen LogP contribution in [0.5, 0.6) is 0 Å². The Hall–Kier alpha value is -2.28. The first kappa shape index (κ1) is 14.6. The molecule has 0 fully saturated rings. The molecular formula is C21H23N. The van der Waals surface area contributed by atoms with Crippen molar-refractivity contribution in [1.82, 2.24) is 5.32 Å². The fraction of sp³-hybridized carbons (Fsp3) is 0.238. The van der Waals surface area contributed by atoms with Gasteiger partial charge in [0.05, 0.1) is 0 Å². The van der Waals surface area contributed by atoms with E-state index >= 15 is 0 Å². The predicted molar refractivity (Wildman–Crippen MR) is 95.5 cm³/mol. The smallest absolute Gasteiger partial charge is 0.0491 e. The van der Waals surface area contributed by atoms with Crippen molar-refractivity contribution < 1.29 is 0 Å². The van der Waals surface area contributed by atoms with Crippen molar-refractivity contribution in [3.8, 4) is 0 Å². The minimum Gasteiger partial charge on any atom is -0.378 e. The molecule has 0 aromatic heterocycles. The third kappa shape index (κ3) is 2.85. The van der Waals surface area contributed by atoms with E-state index in [-0.39, 0.29) is 0 Å². The van der Waals surface area contributed by atoms with Crippen molar-refractivity contribution in [2.24, 2.45) is 0 Å². The van der Waals surface area contributed by atoms with Gasteiger partial charge >= 0.3 is 0 Å². The molecule has 22 heavy (non-hydrogen) atoms.